The molecule has 4 aromatic rings. The van der Waals surface area contributed by atoms with Gasteiger partial charge < -0.3 is 9.15 Å². The van der Waals surface area contributed by atoms with Gasteiger partial charge in [-0.3, -0.25) is 9.59 Å². The number of furan rings is 1. The van der Waals surface area contributed by atoms with Crippen molar-refractivity contribution >= 4 is 24.0 Å². The lowest BCUT2D eigenvalue weighted by molar-refractivity contribution is -0.139. The third-order valence-corrected chi connectivity index (χ3v) is 8.01. The summed E-state index contributed by atoms with van der Waals surface area (Å²) < 4.78 is 11.0. The van der Waals surface area contributed by atoms with Crippen LogP contribution in [0.4, 0.5) is 0 Å². The molecule has 1 aliphatic heterocycles. The molecule has 3 aromatic carbocycles. The van der Waals surface area contributed by atoms with E-state index in [2.05, 4.69) is 29.4 Å². The Morgan fingerprint density at radius 1 is 0.846 bits per heavy atom. The fourth-order valence-corrected chi connectivity index (χ4v) is 6.48. The highest BCUT2D eigenvalue weighted by molar-refractivity contribution is 6.08. The van der Waals surface area contributed by atoms with Crippen molar-refractivity contribution in [3.05, 3.63) is 119 Å². The van der Waals surface area contributed by atoms with Gasteiger partial charge in [-0.1, -0.05) is 60.7 Å². The molecular formula is C32H24N2O5. The summed E-state index contributed by atoms with van der Waals surface area (Å²) >= 11 is 0. The first kappa shape index (κ1) is 23.3. The number of benzene rings is 3. The maximum Gasteiger partial charge on any atom is 0.338 e. The Morgan fingerprint density at radius 2 is 1.44 bits per heavy atom. The molecule has 2 heterocycles. The quantitative estimate of drug-likeness (QED) is 0.203. The fourth-order valence-electron chi connectivity index (χ4n) is 6.48. The van der Waals surface area contributed by atoms with E-state index in [0.717, 1.165) is 27.3 Å². The van der Waals surface area contributed by atoms with E-state index in [9.17, 15) is 14.4 Å². The Balaban J connectivity index is 1.18. The SMILES string of the molecule is CCOC(=O)c1cccc(-c2ccc(/C=N\N3C(=O)[C@@H]4C5c6ccccc6C(c6ccccc65)[C@H]4C3=O)o2)c1. The molecule has 0 spiro atoms. The molecule has 3 aliphatic carbocycles. The first-order valence-corrected chi connectivity index (χ1v) is 13.0. The van der Waals surface area contributed by atoms with E-state index in [1.54, 1.807) is 37.3 Å². The Morgan fingerprint density at radius 3 is 2.00 bits per heavy atom. The molecule has 1 aromatic heterocycles. The van der Waals surface area contributed by atoms with E-state index in [0.29, 0.717) is 29.3 Å². The van der Waals surface area contributed by atoms with Crippen LogP contribution in [0.2, 0.25) is 0 Å². The summed E-state index contributed by atoms with van der Waals surface area (Å²) in [6.45, 7) is 2.05. The van der Waals surface area contributed by atoms with Crippen LogP contribution in [0, 0.1) is 11.8 Å². The second-order valence-electron chi connectivity index (χ2n) is 10.0. The molecule has 7 nitrogen and oxygen atoms in total. The molecule has 1 fully saturated rings. The molecule has 0 N–H and O–H groups in total. The molecule has 1 saturated heterocycles. The van der Waals surface area contributed by atoms with Gasteiger partial charge in [0.15, 0.2) is 0 Å². The van der Waals surface area contributed by atoms with Crippen LogP contribution in [0.25, 0.3) is 11.3 Å². The van der Waals surface area contributed by atoms with Gasteiger partial charge in [0.05, 0.1) is 30.2 Å². The van der Waals surface area contributed by atoms with Crippen LogP contribution in [0.3, 0.4) is 0 Å². The molecular weight excluding hydrogens is 492 g/mol. The largest absolute Gasteiger partial charge is 0.462 e. The van der Waals surface area contributed by atoms with Crippen molar-refractivity contribution in [1.82, 2.24) is 5.01 Å². The highest BCUT2D eigenvalue weighted by Crippen LogP contribution is 2.60. The highest BCUT2D eigenvalue weighted by atomic mass is 16.5. The smallest absolute Gasteiger partial charge is 0.338 e. The Bertz CT molecular complexity index is 1570. The first-order valence-electron chi connectivity index (χ1n) is 13.0. The van der Waals surface area contributed by atoms with E-state index in [1.807, 2.05) is 30.3 Å². The van der Waals surface area contributed by atoms with Gasteiger partial charge in [0.2, 0.25) is 0 Å². The van der Waals surface area contributed by atoms with Crippen LogP contribution in [0.15, 0.2) is 94.4 Å². The minimum atomic E-state index is -0.484. The van der Waals surface area contributed by atoms with Crippen LogP contribution in [-0.4, -0.2) is 35.6 Å². The predicted octanol–water partition coefficient (Wildman–Crippen LogP) is 5.35. The zero-order chi connectivity index (χ0) is 26.7. The van der Waals surface area contributed by atoms with E-state index < -0.39 is 17.8 Å². The topological polar surface area (TPSA) is 89.2 Å². The zero-order valence-corrected chi connectivity index (χ0v) is 21.1. The lowest BCUT2D eigenvalue weighted by Crippen LogP contribution is -2.41. The van der Waals surface area contributed by atoms with Crippen LogP contribution in [-0.2, 0) is 14.3 Å². The van der Waals surface area contributed by atoms with Gasteiger partial charge >= 0.3 is 5.97 Å². The molecule has 7 heteroatoms. The predicted molar refractivity (Wildman–Crippen MR) is 143 cm³/mol. The van der Waals surface area contributed by atoms with Gasteiger partial charge in [-0.05, 0) is 53.4 Å². The third-order valence-electron chi connectivity index (χ3n) is 8.01. The van der Waals surface area contributed by atoms with Crippen molar-refractivity contribution in [2.45, 2.75) is 18.8 Å². The third kappa shape index (κ3) is 3.50. The van der Waals surface area contributed by atoms with Gasteiger partial charge in [-0.15, -0.1) is 0 Å². The van der Waals surface area contributed by atoms with Gasteiger partial charge in [0.1, 0.15) is 11.5 Å². The van der Waals surface area contributed by atoms with Crippen molar-refractivity contribution < 1.29 is 23.5 Å². The number of amides is 2. The van der Waals surface area contributed by atoms with Gasteiger partial charge in [-0.25, -0.2) is 4.79 Å². The molecule has 192 valence electrons. The van der Waals surface area contributed by atoms with Gasteiger partial charge in [0, 0.05) is 17.4 Å². The number of carbonyl (C=O) groups is 3. The second-order valence-corrected chi connectivity index (χ2v) is 10.0. The lowest BCUT2D eigenvalue weighted by atomic mass is 9.55. The van der Waals surface area contributed by atoms with E-state index in [1.165, 1.54) is 6.21 Å². The van der Waals surface area contributed by atoms with Crippen LogP contribution in [0.5, 0.6) is 0 Å². The molecule has 0 radical (unpaired) electrons. The van der Waals surface area contributed by atoms with Crippen molar-refractivity contribution in [3.63, 3.8) is 0 Å². The summed E-state index contributed by atoms with van der Waals surface area (Å²) in [4.78, 5) is 39.5. The normalized spacial score (nSPS) is 22.6. The average molecular weight is 517 g/mol. The number of carbonyl (C=O) groups excluding carboxylic acids is 3. The molecule has 4 aliphatic rings. The number of hydrazone groups is 1. The number of nitrogens with zero attached hydrogens (tertiary/aromatic N) is 2. The number of hydrogen-bond acceptors (Lipinski definition) is 6. The molecule has 8 rings (SSSR count). The van der Waals surface area contributed by atoms with E-state index >= 15 is 0 Å². The number of esters is 1. The van der Waals surface area contributed by atoms with E-state index in [4.69, 9.17) is 9.15 Å². The van der Waals surface area contributed by atoms with Crippen LogP contribution >= 0.6 is 0 Å². The number of imide groups is 1. The zero-order valence-electron chi connectivity index (χ0n) is 21.1. The summed E-state index contributed by atoms with van der Waals surface area (Å²) in [5.41, 5.74) is 5.61. The van der Waals surface area contributed by atoms with Crippen molar-refractivity contribution in [1.29, 1.82) is 0 Å². The van der Waals surface area contributed by atoms with Gasteiger partial charge in [0.25, 0.3) is 11.8 Å². The Hall–Kier alpha value is -4.78. The van der Waals surface area contributed by atoms with Crippen molar-refractivity contribution in [3.8, 4) is 11.3 Å². The summed E-state index contributed by atoms with van der Waals surface area (Å²) in [5, 5.41) is 5.34. The summed E-state index contributed by atoms with van der Waals surface area (Å²) in [6, 6.07) is 26.7. The minimum absolute atomic E-state index is 0.175. The Labute approximate surface area is 224 Å². The highest BCUT2D eigenvalue weighted by Gasteiger charge is 2.61. The number of hydrogen-bond donors (Lipinski definition) is 0. The standard InChI is InChI=1S/C32H24N2O5/c1-2-38-32(37)19-9-7-8-18(16-19)25-15-14-20(39-25)17-33-34-30(35)28-26-21-10-3-4-11-22(21)27(29(28)31(34)36)24-13-6-5-12-23(24)26/h3-17,26-29H,2H2,1H3/b33-17-/t26?,27?,28-,29-/m1/s1. The number of ether oxygens (including phenoxy) is 1. The Kier molecular flexibility index (Phi) is 5.33. The van der Waals surface area contributed by atoms with Crippen LogP contribution < -0.4 is 0 Å². The molecule has 39 heavy (non-hydrogen) atoms. The summed E-state index contributed by atoms with van der Waals surface area (Å²) in [5.74, 6) is -1.38. The fraction of sp³-hybridized carbons (Fsp3) is 0.188. The molecule has 2 bridgehead atoms. The molecule has 2 atom stereocenters. The lowest BCUT2D eigenvalue weighted by Gasteiger charge is -2.45. The molecule has 0 saturated carbocycles. The van der Waals surface area contributed by atoms with Crippen molar-refractivity contribution in [2.75, 3.05) is 6.61 Å². The maximum absolute atomic E-state index is 13.7. The second kappa shape index (κ2) is 8.91. The maximum atomic E-state index is 13.7. The molecule has 2 amide bonds. The monoisotopic (exact) mass is 516 g/mol. The first-order chi connectivity index (χ1) is 19.1. The molecule has 0 unspecified atom stereocenters. The summed E-state index contributed by atoms with van der Waals surface area (Å²) in [7, 11) is 0. The van der Waals surface area contributed by atoms with Gasteiger partial charge in [-0.2, -0.15) is 10.1 Å². The minimum Gasteiger partial charge on any atom is -0.462 e. The average Bonchev–Trinajstić information content (AvgIpc) is 3.55. The van der Waals surface area contributed by atoms with Crippen molar-refractivity contribution in [2.24, 2.45) is 16.9 Å². The van der Waals surface area contributed by atoms with Crippen LogP contribution in [0.1, 0.15) is 57.1 Å². The number of rotatable bonds is 5. The summed E-state index contributed by atoms with van der Waals surface area (Å²) in [6.07, 6.45) is 1.40. The van der Waals surface area contributed by atoms with E-state index in [-0.39, 0.29) is 23.7 Å².